The first-order chi connectivity index (χ1) is 6.47. The third-order valence-electron chi connectivity index (χ3n) is 1.40. The molecule has 1 atom stereocenters. The molecule has 0 aliphatic rings. The first-order valence-electron chi connectivity index (χ1n) is 4.11. The molecule has 2 amide bonds. The van der Waals surface area contributed by atoms with Gasteiger partial charge in [0, 0.05) is 14.0 Å². The predicted octanol–water partition coefficient (Wildman–Crippen LogP) is -1.20. The number of likely N-dealkylation sites (N-methyl/N-ethyl adjacent to an activating group) is 1. The first kappa shape index (κ1) is 12.4. The summed E-state index contributed by atoms with van der Waals surface area (Å²) in [6, 6.07) is -0.739. The quantitative estimate of drug-likeness (QED) is 0.561. The summed E-state index contributed by atoms with van der Waals surface area (Å²) >= 11 is 0. The van der Waals surface area contributed by atoms with Crippen molar-refractivity contribution in [2.75, 3.05) is 13.7 Å². The fraction of sp³-hybridized carbons (Fsp3) is 0.625. The number of esters is 1. The molecule has 80 valence electrons. The van der Waals surface area contributed by atoms with Crippen LogP contribution in [-0.2, 0) is 19.1 Å². The molecule has 0 aliphatic heterocycles. The van der Waals surface area contributed by atoms with E-state index in [1.165, 1.54) is 20.9 Å². The van der Waals surface area contributed by atoms with Crippen molar-refractivity contribution in [2.24, 2.45) is 0 Å². The van der Waals surface area contributed by atoms with Crippen molar-refractivity contribution in [2.45, 2.75) is 19.9 Å². The highest BCUT2D eigenvalue weighted by Gasteiger charge is 2.15. The molecule has 0 fully saturated rings. The maximum Gasteiger partial charge on any atom is 0.328 e. The second kappa shape index (κ2) is 5.95. The number of ether oxygens (including phenoxy) is 1. The highest BCUT2D eigenvalue weighted by Crippen LogP contribution is 1.87. The lowest BCUT2D eigenvalue weighted by molar-refractivity contribution is -0.151. The van der Waals surface area contributed by atoms with Crippen LogP contribution in [0.15, 0.2) is 0 Å². The molecule has 0 aromatic rings. The topological polar surface area (TPSA) is 84.5 Å². The lowest BCUT2D eigenvalue weighted by atomic mass is 10.3. The van der Waals surface area contributed by atoms with Crippen LogP contribution in [0.2, 0.25) is 0 Å². The number of hydrogen-bond donors (Lipinski definition) is 2. The zero-order valence-corrected chi connectivity index (χ0v) is 8.42. The van der Waals surface area contributed by atoms with Gasteiger partial charge in [-0.15, -0.1) is 0 Å². The summed E-state index contributed by atoms with van der Waals surface area (Å²) in [4.78, 5) is 32.3. The van der Waals surface area contributed by atoms with Crippen LogP contribution in [-0.4, -0.2) is 37.5 Å². The maximum atomic E-state index is 11.1. The second-order valence-corrected chi connectivity index (χ2v) is 2.70. The van der Waals surface area contributed by atoms with Crippen molar-refractivity contribution >= 4 is 17.8 Å². The van der Waals surface area contributed by atoms with Crippen molar-refractivity contribution in [1.29, 1.82) is 0 Å². The Morgan fingerprint density at radius 3 is 2.36 bits per heavy atom. The van der Waals surface area contributed by atoms with Gasteiger partial charge in [-0.1, -0.05) is 0 Å². The van der Waals surface area contributed by atoms with Crippen LogP contribution in [0.25, 0.3) is 0 Å². The van der Waals surface area contributed by atoms with Crippen LogP contribution >= 0.6 is 0 Å². The van der Waals surface area contributed by atoms with Crippen molar-refractivity contribution in [3.05, 3.63) is 0 Å². The molecule has 0 heterocycles. The smallest absolute Gasteiger partial charge is 0.328 e. The van der Waals surface area contributed by atoms with Crippen LogP contribution in [0.1, 0.15) is 13.8 Å². The lowest BCUT2D eigenvalue weighted by Gasteiger charge is -2.11. The molecule has 2 N–H and O–H groups in total. The van der Waals surface area contributed by atoms with Gasteiger partial charge in [0.05, 0.1) is 0 Å². The monoisotopic (exact) mass is 202 g/mol. The molecule has 0 saturated heterocycles. The van der Waals surface area contributed by atoms with Crippen molar-refractivity contribution in [3.63, 3.8) is 0 Å². The number of nitrogens with one attached hydrogen (secondary N) is 2. The summed E-state index contributed by atoms with van der Waals surface area (Å²) < 4.78 is 4.59. The molecule has 0 spiro atoms. The number of carbonyl (C=O) groups is 3. The van der Waals surface area contributed by atoms with E-state index in [4.69, 9.17) is 0 Å². The molecular formula is C8H14N2O4. The second-order valence-electron chi connectivity index (χ2n) is 2.70. The molecule has 14 heavy (non-hydrogen) atoms. The Kier molecular flexibility index (Phi) is 5.28. The number of rotatable bonds is 4. The molecule has 6 nitrogen and oxygen atoms in total. The predicted molar refractivity (Wildman–Crippen MR) is 48.3 cm³/mol. The van der Waals surface area contributed by atoms with Crippen LogP contribution in [0.3, 0.4) is 0 Å². The molecule has 0 rings (SSSR count). The van der Waals surface area contributed by atoms with Crippen molar-refractivity contribution < 1.29 is 19.1 Å². The molecule has 0 radical (unpaired) electrons. The summed E-state index contributed by atoms with van der Waals surface area (Å²) in [7, 11) is 1.44. The molecule has 0 saturated carbocycles. The van der Waals surface area contributed by atoms with E-state index in [0.29, 0.717) is 0 Å². The van der Waals surface area contributed by atoms with E-state index in [1.54, 1.807) is 0 Å². The minimum atomic E-state index is -0.739. The maximum absolute atomic E-state index is 11.1. The number of hydrogen-bond acceptors (Lipinski definition) is 4. The van der Waals surface area contributed by atoms with Gasteiger partial charge in [-0.2, -0.15) is 0 Å². The van der Waals surface area contributed by atoms with Gasteiger partial charge in [0.15, 0.2) is 6.61 Å². The minimum absolute atomic E-state index is 0.325. The Morgan fingerprint density at radius 1 is 1.36 bits per heavy atom. The van der Waals surface area contributed by atoms with Gasteiger partial charge >= 0.3 is 5.97 Å². The summed E-state index contributed by atoms with van der Waals surface area (Å²) in [5.74, 6) is -1.36. The SMILES string of the molecule is CNC(=O)COC(=O)C(C)NC(C)=O. The van der Waals surface area contributed by atoms with Crippen molar-refractivity contribution in [1.82, 2.24) is 10.6 Å². The minimum Gasteiger partial charge on any atom is -0.454 e. The normalized spacial score (nSPS) is 11.4. The highest BCUT2D eigenvalue weighted by molar-refractivity contribution is 5.85. The first-order valence-corrected chi connectivity index (χ1v) is 4.11. The standard InChI is InChI=1S/C8H14N2O4/c1-5(10-6(2)11)8(13)14-4-7(12)9-3/h5H,4H2,1-3H3,(H,9,12)(H,10,11). The van der Waals surface area contributed by atoms with Gasteiger partial charge in [-0.25, -0.2) is 4.79 Å². The van der Waals surface area contributed by atoms with Gasteiger partial charge < -0.3 is 15.4 Å². The highest BCUT2D eigenvalue weighted by atomic mass is 16.5. The largest absolute Gasteiger partial charge is 0.454 e. The summed E-state index contributed by atoms with van der Waals surface area (Å²) in [5.41, 5.74) is 0. The summed E-state index contributed by atoms with van der Waals surface area (Å²) in [5, 5.41) is 4.64. The fourth-order valence-corrected chi connectivity index (χ4v) is 0.698. The van der Waals surface area contributed by atoms with Gasteiger partial charge in [-0.05, 0) is 6.92 Å². The van der Waals surface area contributed by atoms with Gasteiger partial charge in [0.2, 0.25) is 5.91 Å². The van der Waals surface area contributed by atoms with Crippen LogP contribution in [0.4, 0.5) is 0 Å². The van der Waals surface area contributed by atoms with E-state index in [1.807, 2.05) is 0 Å². The zero-order chi connectivity index (χ0) is 11.1. The molecule has 1 unspecified atom stereocenters. The van der Waals surface area contributed by atoms with E-state index in [9.17, 15) is 14.4 Å². The average Bonchev–Trinajstić information content (AvgIpc) is 2.12. The molecular weight excluding hydrogens is 188 g/mol. The van der Waals surface area contributed by atoms with Gasteiger partial charge in [-0.3, -0.25) is 9.59 Å². The lowest BCUT2D eigenvalue weighted by Crippen LogP contribution is -2.39. The molecule has 0 aromatic carbocycles. The van der Waals surface area contributed by atoms with Gasteiger partial charge in [0.1, 0.15) is 6.04 Å². The average molecular weight is 202 g/mol. The Hall–Kier alpha value is -1.59. The Morgan fingerprint density at radius 2 is 1.93 bits per heavy atom. The zero-order valence-electron chi connectivity index (χ0n) is 8.42. The van der Waals surface area contributed by atoms with E-state index >= 15 is 0 Å². The van der Waals surface area contributed by atoms with Crippen LogP contribution in [0, 0.1) is 0 Å². The van der Waals surface area contributed by atoms with E-state index in [0.717, 1.165) is 0 Å². The number of amides is 2. The third kappa shape index (κ3) is 5.13. The Balaban J connectivity index is 3.84. The van der Waals surface area contributed by atoms with Crippen LogP contribution < -0.4 is 10.6 Å². The molecule has 6 heteroatoms. The van der Waals surface area contributed by atoms with Gasteiger partial charge in [0.25, 0.3) is 5.91 Å². The van der Waals surface area contributed by atoms with E-state index in [2.05, 4.69) is 15.4 Å². The van der Waals surface area contributed by atoms with Crippen LogP contribution in [0.5, 0.6) is 0 Å². The van der Waals surface area contributed by atoms with E-state index in [-0.39, 0.29) is 12.5 Å². The number of carbonyl (C=O) groups excluding carboxylic acids is 3. The van der Waals surface area contributed by atoms with E-state index < -0.39 is 17.9 Å². The third-order valence-corrected chi connectivity index (χ3v) is 1.40. The molecule has 0 aromatic heterocycles. The Labute approximate surface area is 82.0 Å². The molecule has 0 aliphatic carbocycles. The molecule has 0 bridgehead atoms. The Bertz CT molecular complexity index is 239. The summed E-state index contributed by atoms with van der Waals surface area (Å²) in [6.07, 6.45) is 0. The fourth-order valence-electron chi connectivity index (χ4n) is 0.698. The van der Waals surface area contributed by atoms with Crippen molar-refractivity contribution in [3.8, 4) is 0 Å². The summed E-state index contributed by atoms with van der Waals surface area (Å²) in [6.45, 7) is 2.44.